The molecule has 0 fully saturated rings. The van der Waals surface area contributed by atoms with Gasteiger partial charge in [-0.2, -0.15) is 0 Å². The Morgan fingerprint density at radius 2 is 1.32 bits per heavy atom. The second-order valence-corrected chi connectivity index (χ2v) is 4.83. The van der Waals surface area contributed by atoms with Crippen LogP contribution in [0.5, 0.6) is 5.75 Å². The normalized spacial score (nSPS) is 10.4. The summed E-state index contributed by atoms with van der Waals surface area (Å²) in [5.74, 6) is 0.308. The molecule has 2 N–H and O–H groups in total. The van der Waals surface area contributed by atoms with Crippen molar-refractivity contribution < 1.29 is 5.11 Å². The first kappa shape index (κ1) is 13.4. The molecule has 0 amide bonds. The molecule has 0 spiro atoms. The number of hydrogen-bond donors (Lipinski definition) is 2. The molecule has 0 radical (unpaired) electrons. The van der Waals surface area contributed by atoms with Crippen LogP contribution in [0.2, 0.25) is 0 Å². The Morgan fingerprint density at radius 1 is 0.842 bits per heavy atom. The lowest BCUT2D eigenvalue weighted by molar-refractivity contribution is 0.475. The summed E-state index contributed by atoms with van der Waals surface area (Å²) < 4.78 is 0. The highest BCUT2D eigenvalue weighted by molar-refractivity contribution is 5.45. The van der Waals surface area contributed by atoms with Gasteiger partial charge in [-0.15, -0.1) is 0 Å². The van der Waals surface area contributed by atoms with Crippen LogP contribution in [0.1, 0.15) is 11.1 Å². The van der Waals surface area contributed by atoms with Crippen molar-refractivity contribution in [1.29, 1.82) is 0 Å². The highest BCUT2D eigenvalue weighted by Crippen LogP contribution is 2.12. The molecule has 100 valence electrons. The van der Waals surface area contributed by atoms with Crippen LogP contribution in [0.15, 0.2) is 48.5 Å². The van der Waals surface area contributed by atoms with E-state index in [1.807, 2.05) is 26.2 Å². The number of anilines is 1. The number of phenolic OH excluding ortho intramolecular Hbond substituents is 1. The zero-order chi connectivity index (χ0) is 13.7. The van der Waals surface area contributed by atoms with Crippen LogP contribution in [0.25, 0.3) is 0 Å². The fraction of sp³-hybridized carbons (Fsp3) is 0.250. The molecule has 0 heterocycles. The van der Waals surface area contributed by atoms with Crippen molar-refractivity contribution >= 4 is 5.69 Å². The SMILES string of the molecule is CN(C)c1ccc(CNCc2ccc(O)cc2)cc1. The Bertz CT molecular complexity index is 503. The number of hydrogen-bond acceptors (Lipinski definition) is 3. The van der Waals surface area contributed by atoms with E-state index in [2.05, 4.69) is 34.5 Å². The van der Waals surface area contributed by atoms with Crippen LogP contribution in [0, 0.1) is 0 Å². The van der Waals surface area contributed by atoms with E-state index in [1.54, 1.807) is 12.1 Å². The molecule has 2 aromatic carbocycles. The Kier molecular flexibility index (Phi) is 4.42. The highest BCUT2D eigenvalue weighted by Gasteiger charge is 1.97. The molecule has 3 nitrogen and oxygen atoms in total. The lowest BCUT2D eigenvalue weighted by Gasteiger charge is -2.13. The van der Waals surface area contributed by atoms with Crippen LogP contribution in [0.3, 0.4) is 0 Å². The van der Waals surface area contributed by atoms with Gasteiger partial charge >= 0.3 is 0 Å². The predicted molar refractivity (Wildman–Crippen MR) is 79.4 cm³/mol. The maximum atomic E-state index is 9.21. The fourth-order valence-corrected chi connectivity index (χ4v) is 1.88. The molecule has 0 aromatic heterocycles. The van der Waals surface area contributed by atoms with Crippen LogP contribution in [0.4, 0.5) is 5.69 Å². The fourth-order valence-electron chi connectivity index (χ4n) is 1.88. The van der Waals surface area contributed by atoms with Crippen molar-refractivity contribution in [3.63, 3.8) is 0 Å². The van der Waals surface area contributed by atoms with Crippen molar-refractivity contribution in [2.45, 2.75) is 13.1 Å². The molecule has 0 unspecified atom stereocenters. The molecule has 0 aliphatic carbocycles. The Morgan fingerprint density at radius 3 is 1.79 bits per heavy atom. The van der Waals surface area contributed by atoms with Gasteiger partial charge in [0.05, 0.1) is 0 Å². The summed E-state index contributed by atoms with van der Waals surface area (Å²) in [7, 11) is 4.08. The molecule has 0 saturated heterocycles. The molecular formula is C16H20N2O. The number of aromatic hydroxyl groups is 1. The van der Waals surface area contributed by atoms with Gasteiger partial charge in [0.25, 0.3) is 0 Å². The van der Waals surface area contributed by atoms with Gasteiger partial charge in [0.1, 0.15) is 5.75 Å². The topological polar surface area (TPSA) is 35.5 Å². The predicted octanol–water partition coefficient (Wildman–Crippen LogP) is 2.75. The largest absolute Gasteiger partial charge is 0.508 e. The molecule has 0 saturated carbocycles. The standard InChI is InChI=1S/C16H20N2O/c1-18(2)15-7-3-13(4-8-15)11-17-12-14-5-9-16(19)10-6-14/h3-10,17,19H,11-12H2,1-2H3. The summed E-state index contributed by atoms with van der Waals surface area (Å²) in [6.07, 6.45) is 0. The average molecular weight is 256 g/mol. The first-order valence-electron chi connectivity index (χ1n) is 6.40. The van der Waals surface area contributed by atoms with Gasteiger partial charge in [-0.25, -0.2) is 0 Å². The Labute approximate surface area is 114 Å². The van der Waals surface area contributed by atoms with E-state index in [-0.39, 0.29) is 0 Å². The number of phenols is 1. The van der Waals surface area contributed by atoms with Crippen molar-refractivity contribution in [3.8, 4) is 5.75 Å². The van der Waals surface area contributed by atoms with E-state index in [1.165, 1.54) is 16.8 Å². The summed E-state index contributed by atoms with van der Waals surface area (Å²) in [5, 5.41) is 12.6. The van der Waals surface area contributed by atoms with Crippen LogP contribution < -0.4 is 10.2 Å². The Balaban J connectivity index is 1.83. The molecule has 19 heavy (non-hydrogen) atoms. The minimum atomic E-state index is 0.308. The van der Waals surface area contributed by atoms with Crippen molar-refractivity contribution in [2.75, 3.05) is 19.0 Å². The quantitative estimate of drug-likeness (QED) is 0.863. The zero-order valence-corrected chi connectivity index (χ0v) is 11.4. The Hall–Kier alpha value is -2.00. The lowest BCUT2D eigenvalue weighted by Crippen LogP contribution is -2.13. The first-order valence-corrected chi connectivity index (χ1v) is 6.40. The minimum absolute atomic E-state index is 0.308. The zero-order valence-electron chi connectivity index (χ0n) is 11.4. The maximum Gasteiger partial charge on any atom is 0.115 e. The second-order valence-electron chi connectivity index (χ2n) is 4.83. The van der Waals surface area contributed by atoms with E-state index in [0.717, 1.165) is 13.1 Å². The third kappa shape index (κ3) is 4.00. The molecule has 3 heteroatoms. The number of benzene rings is 2. The van der Waals surface area contributed by atoms with Crippen LogP contribution in [-0.4, -0.2) is 19.2 Å². The van der Waals surface area contributed by atoms with Crippen molar-refractivity contribution in [2.24, 2.45) is 0 Å². The number of nitrogens with one attached hydrogen (secondary N) is 1. The summed E-state index contributed by atoms with van der Waals surface area (Å²) in [5.41, 5.74) is 3.65. The van der Waals surface area contributed by atoms with Crippen molar-refractivity contribution in [3.05, 3.63) is 59.7 Å². The van der Waals surface area contributed by atoms with Gasteiger partial charge in [0, 0.05) is 32.9 Å². The molecule has 2 rings (SSSR count). The van der Waals surface area contributed by atoms with Crippen LogP contribution >= 0.6 is 0 Å². The lowest BCUT2D eigenvalue weighted by atomic mass is 10.2. The number of nitrogens with zero attached hydrogens (tertiary/aromatic N) is 1. The first-order chi connectivity index (χ1) is 9.15. The van der Waals surface area contributed by atoms with Gasteiger partial charge in [0.15, 0.2) is 0 Å². The molecule has 2 aromatic rings. The average Bonchev–Trinajstić information content (AvgIpc) is 2.41. The smallest absolute Gasteiger partial charge is 0.115 e. The second kappa shape index (κ2) is 6.25. The van der Waals surface area contributed by atoms with E-state index in [4.69, 9.17) is 0 Å². The third-order valence-corrected chi connectivity index (χ3v) is 3.05. The van der Waals surface area contributed by atoms with E-state index in [0.29, 0.717) is 5.75 Å². The van der Waals surface area contributed by atoms with Gasteiger partial charge < -0.3 is 15.3 Å². The van der Waals surface area contributed by atoms with Crippen molar-refractivity contribution in [1.82, 2.24) is 5.32 Å². The van der Waals surface area contributed by atoms with E-state index < -0.39 is 0 Å². The minimum Gasteiger partial charge on any atom is -0.508 e. The molecule has 0 aliphatic rings. The van der Waals surface area contributed by atoms with Gasteiger partial charge in [-0.3, -0.25) is 0 Å². The summed E-state index contributed by atoms with van der Waals surface area (Å²) >= 11 is 0. The van der Waals surface area contributed by atoms with E-state index >= 15 is 0 Å². The van der Waals surface area contributed by atoms with Gasteiger partial charge in [-0.05, 0) is 35.4 Å². The number of rotatable bonds is 5. The molecule has 0 aliphatic heterocycles. The monoisotopic (exact) mass is 256 g/mol. The van der Waals surface area contributed by atoms with E-state index in [9.17, 15) is 5.11 Å². The highest BCUT2D eigenvalue weighted by atomic mass is 16.3. The maximum absolute atomic E-state index is 9.21. The molecule has 0 bridgehead atoms. The van der Waals surface area contributed by atoms with Gasteiger partial charge in [-0.1, -0.05) is 24.3 Å². The summed E-state index contributed by atoms with van der Waals surface area (Å²) in [6.45, 7) is 1.64. The third-order valence-electron chi connectivity index (χ3n) is 3.05. The van der Waals surface area contributed by atoms with Crippen LogP contribution in [-0.2, 0) is 13.1 Å². The molecular weight excluding hydrogens is 236 g/mol. The summed E-state index contributed by atoms with van der Waals surface area (Å²) in [4.78, 5) is 2.09. The molecule has 0 atom stereocenters. The van der Waals surface area contributed by atoms with Gasteiger partial charge in [0.2, 0.25) is 0 Å². The summed E-state index contributed by atoms with van der Waals surface area (Å²) in [6, 6.07) is 15.8.